The van der Waals surface area contributed by atoms with E-state index in [9.17, 15) is 8.42 Å². The third-order valence-corrected chi connectivity index (χ3v) is 5.89. The Bertz CT molecular complexity index is 766. The number of rotatable bonds is 8. The zero-order chi connectivity index (χ0) is 18.6. The molecule has 1 atom stereocenters. The number of sulfonamides is 1. The molecule has 25 heavy (non-hydrogen) atoms. The lowest BCUT2D eigenvalue weighted by Crippen LogP contribution is -2.44. The molecule has 0 aliphatic heterocycles. The van der Waals surface area contributed by atoms with Crippen molar-refractivity contribution in [2.45, 2.75) is 58.1 Å². The van der Waals surface area contributed by atoms with Gasteiger partial charge in [0.2, 0.25) is 10.0 Å². The van der Waals surface area contributed by atoms with Crippen molar-refractivity contribution >= 4 is 10.0 Å². The molecule has 0 aliphatic carbocycles. The SMILES string of the molecule is Cc1noc(C)c1S(=O)(=O)NC(C)CN(Cc1ccccc1)C(C)C. The maximum absolute atomic E-state index is 12.6. The first-order valence-electron chi connectivity index (χ1n) is 8.44. The molecule has 1 aromatic heterocycles. The molecule has 0 radical (unpaired) electrons. The van der Waals surface area contributed by atoms with Crippen molar-refractivity contribution in [3.05, 3.63) is 47.3 Å². The maximum atomic E-state index is 12.6. The van der Waals surface area contributed by atoms with Crippen LogP contribution in [-0.4, -0.2) is 37.1 Å². The van der Waals surface area contributed by atoms with Gasteiger partial charge in [0.15, 0.2) is 5.76 Å². The van der Waals surface area contributed by atoms with Gasteiger partial charge in [0, 0.05) is 25.2 Å². The van der Waals surface area contributed by atoms with Gasteiger partial charge in [-0.25, -0.2) is 13.1 Å². The molecule has 138 valence electrons. The molecule has 1 aromatic carbocycles. The van der Waals surface area contributed by atoms with Crippen LogP contribution in [0.5, 0.6) is 0 Å². The van der Waals surface area contributed by atoms with Crippen molar-refractivity contribution in [3.8, 4) is 0 Å². The summed E-state index contributed by atoms with van der Waals surface area (Å²) in [5.74, 6) is 0.308. The number of nitrogens with zero attached hydrogens (tertiary/aromatic N) is 2. The molecule has 0 aliphatic rings. The number of nitrogens with one attached hydrogen (secondary N) is 1. The number of hydrogen-bond donors (Lipinski definition) is 1. The van der Waals surface area contributed by atoms with Crippen LogP contribution in [0.2, 0.25) is 0 Å². The van der Waals surface area contributed by atoms with Crippen LogP contribution < -0.4 is 4.72 Å². The van der Waals surface area contributed by atoms with Gasteiger partial charge >= 0.3 is 0 Å². The van der Waals surface area contributed by atoms with E-state index < -0.39 is 10.0 Å². The van der Waals surface area contributed by atoms with Crippen molar-refractivity contribution in [3.63, 3.8) is 0 Å². The second-order valence-electron chi connectivity index (χ2n) is 6.68. The molecule has 7 heteroatoms. The van der Waals surface area contributed by atoms with E-state index in [1.165, 1.54) is 5.56 Å². The summed E-state index contributed by atoms with van der Waals surface area (Å²) >= 11 is 0. The van der Waals surface area contributed by atoms with Gasteiger partial charge in [0.1, 0.15) is 10.6 Å². The van der Waals surface area contributed by atoms with Gasteiger partial charge in [-0.2, -0.15) is 0 Å². The second kappa shape index (κ2) is 8.12. The molecule has 1 heterocycles. The fraction of sp³-hybridized carbons (Fsp3) is 0.500. The normalized spacial score (nSPS) is 13.6. The van der Waals surface area contributed by atoms with Gasteiger partial charge in [-0.3, -0.25) is 4.90 Å². The zero-order valence-electron chi connectivity index (χ0n) is 15.5. The number of aromatic nitrogens is 1. The van der Waals surface area contributed by atoms with Crippen LogP contribution >= 0.6 is 0 Å². The Labute approximate surface area is 150 Å². The number of benzene rings is 1. The highest BCUT2D eigenvalue weighted by Gasteiger charge is 2.26. The molecule has 2 aromatic rings. The molecule has 0 saturated carbocycles. The van der Waals surface area contributed by atoms with Gasteiger partial charge in [-0.05, 0) is 40.2 Å². The van der Waals surface area contributed by atoms with Crippen LogP contribution in [0.1, 0.15) is 37.8 Å². The first-order valence-corrected chi connectivity index (χ1v) is 9.92. The van der Waals surface area contributed by atoms with Gasteiger partial charge < -0.3 is 4.52 Å². The molecule has 0 saturated heterocycles. The lowest BCUT2D eigenvalue weighted by molar-refractivity contribution is 0.199. The minimum atomic E-state index is -3.65. The van der Waals surface area contributed by atoms with Crippen LogP contribution in [0.25, 0.3) is 0 Å². The second-order valence-corrected chi connectivity index (χ2v) is 8.34. The van der Waals surface area contributed by atoms with Crippen molar-refractivity contribution in [2.24, 2.45) is 0 Å². The fourth-order valence-electron chi connectivity index (χ4n) is 2.85. The number of aryl methyl sites for hydroxylation is 2. The zero-order valence-corrected chi connectivity index (χ0v) is 16.3. The summed E-state index contributed by atoms with van der Waals surface area (Å²) in [7, 11) is -3.65. The highest BCUT2D eigenvalue weighted by Crippen LogP contribution is 2.19. The summed E-state index contributed by atoms with van der Waals surface area (Å²) in [4.78, 5) is 2.38. The Morgan fingerprint density at radius 1 is 1.16 bits per heavy atom. The van der Waals surface area contributed by atoms with Gasteiger partial charge in [0.25, 0.3) is 0 Å². The Morgan fingerprint density at radius 2 is 1.80 bits per heavy atom. The van der Waals surface area contributed by atoms with Gasteiger partial charge in [0.05, 0.1) is 0 Å². The summed E-state index contributed by atoms with van der Waals surface area (Å²) in [6.45, 7) is 10.7. The van der Waals surface area contributed by atoms with E-state index >= 15 is 0 Å². The van der Waals surface area contributed by atoms with Crippen LogP contribution in [0.15, 0.2) is 39.8 Å². The summed E-state index contributed by atoms with van der Waals surface area (Å²) in [6, 6.07) is 10.2. The van der Waals surface area contributed by atoms with Crippen molar-refractivity contribution in [2.75, 3.05) is 6.54 Å². The minimum Gasteiger partial charge on any atom is -0.360 e. The van der Waals surface area contributed by atoms with E-state index in [1.54, 1.807) is 13.8 Å². The van der Waals surface area contributed by atoms with E-state index in [0.717, 1.165) is 6.54 Å². The third-order valence-electron chi connectivity index (χ3n) is 4.06. The predicted molar refractivity (Wildman–Crippen MR) is 97.7 cm³/mol. The van der Waals surface area contributed by atoms with Crippen LogP contribution in [0, 0.1) is 13.8 Å². The van der Waals surface area contributed by atoms with Crippen LogP contribution in [0.4, 0.5) is 0 Å². The van der Waals surface area contributed by atoms with E-state index in [2.05, 4.69) is 40.8 Å². The Kier molecular flexibility index (Phi) is 6.37. The molecule has 1 N–H and O–H groups in total. The average Bonchev–Trinajstić information content (AvgIpc) is 2.86. The molecular weight excluding hydrogens is 338 g/mol. The molecule has 0 fully saturated rings. The fourth-order valence-corrected chi connectivity index (χ4v) is 4.41. The molecule has 0 spiro atoms. The largest absolute Gasteiger partial charge is 0.360 e. The predicted octanol–water partition coefficient (Wildman–Crippen LogP) is 2.87. The molecular formula is C18H27N3O3S. The van der Waals surface area contributed by atoms with E-state index in [-0.39, 0.29) is 10.9 Å². The smallest absolute Gasteiger partial charge is 0.246 e. The van der Waals surface area contributed by atoms with Crippen LogP contribution in [0.3, 0.4) is 0 Å². The van der Waals surface area contributed by atoms with Gasteiger partial charge in [-0.1, -0.05) is 35.5 Å². The van der Waals surface area contributed by atoms with E-state index in [1.807, 2.05) is 25.1 Å². The Morgan fingerprint density at radius 3 is 2.32 bits per heavy atom. The van der Waals surface area contributed by atoms with Crippen molar-refractivity contribution < 1.29 is 12.9 Å². The summed E-state index contributed by atoms with van der Waals surface area (Å²) in [5, 5.41) is 3.73. The molecule has 1 unspecified atom stereocenters. The van der Waals surface area contributed by atoms with E-state index in [4.69, 9.17) is 4.52 Å². The topological polar surface area (TPSA) is 75.4 Å². The highest BCUT2D eigenvalue weighted by molar-refractivity contribution is 7.89. The quantitative estimate of drug-likeness (QED) is 0.778. The molecule has 0 amide bonds. The first kappa shape index (κ1) is 19.6. The molecule has 0 bridgehead atoms. The first-order chi connectivity index (χ1) is 11.7. The van der Waals surface area contributed by atoms with E-state index in [0.29, 0.717) is 24.0 Å². The molecule has 2 rings (SSSR count). The van der Waals surface area contributed by atoms with Crippen molar-refractivity contribution in [1.29, 1.82) is 0 Å². The monoisotopic (exact) mass is 365 g/mol. The summed E-state index contributed by atoms with van der Waals surface area (Å²) in [6.07, 6.45) is 0. The number of hydrogen-bond acceptors (Lipinski definition) is 5. The lowest BCUT2D eigenvalue weighted by Gasteiger charge is -2.29. The van der Waals surface area contributed by atoms with Crippen molar-refractivity contribution in [1.82, 2.24) is 14.8 Å². The summed E-state index contributed by atoms with van der Waals surface area (Å²) in [5.41, 5.74) is 1.58. The van der Waals surface area contributed by atoms with Crippen LogP contribution in [-0.2, 0) is 16.6 Å². The maximum Gasteiger partial charge on any atom is 0.246 e. The summed E-state index contributed by atoms with van der Waals surface area (Å²) < 4.78 is 33.0. The Balaban J connectivity index is 2.07. The third kappa shape index (κ3) is 5.14. The standard InChI is InChI=1S/C18H27N3O3S/c1-13(2)21(12-17-9-7-6-8-10-17)11-14(3)20-25(22,23)18-15(4)19-24-16(18)5/h6-10,13-14,20H,11-12H2,1-5H3. The lowest BCUT2D eigenvalue weighted by atomic mass is 10.1. The van der Waals surface area contributed by atoms with Gasteiger partial charge in [-0.15, -0.1) is 0 Å². The average molecular weight is 365 g/mol. The highest BCUT2D eigenvalue weighted by atomic mass is 32.2. The molecule has 6 nitrogen and oxygen atoms in total. The Hall–Kier alpha value is -1.70. The minimum absolute atomic E-state index is 0.138.